The molecule has 2 aromatic rings. The van der Waals surface area contributed by atoms with Gasteiger partial charge in [-0.2, -0.15) is 0 Å². The summed E-state index contributed by atoms with van der Waals surface area (Å²) in [5, 5.41) is 13.0. The van der Waals surface area contributed by atoms with Gasteiger partial charge in [0, 0.05) is 6.42 Å². The Morgan fingerprint density at radius 1 is 1.26 bits per heavy atom. The molecule has 1 heterocycles. The van der Waals surface area contributed by atoms with Gasteiger partial charge in [0.2, 0.25) is 21.8 Å². The summed E-state index contributed by atoms with van der Waals surface area (Å²) in [5.41, 5.74) is 8.23. The molecule has 11 heteroatoms. The van der Waals surface area contributed by atoms with Gasteiger partial charge in [-0.15, -0.1) is 0 Å². The summed E-state index contributed by atoms with van der Waals surface area (Å²) >= 11 is 0. The Balaban J connectivity index is 1.81. The van der Waals surface area contributed by atoms with Gasteiger partial charge in [0.25, 0.3) is 0 Å². The summed E-state index contributed by atoms with van der Waals surface area (Å²) in [6.07, 6.45) is -1.50. The summed E-state index contributed by atoms with van der Waals surface area (Å²) < 4.78 is 26.2. The third kappa shape index (κ3) is 5.12. The van der Waals surface area contributed by atoms with E-state index in [0.29, 0.717) is 28.1 Å². The van der Waals surface area contributed by atoms with Crippen LogP contribution in [0.4, 0.5) is 16.2 Å². The van der Waals surface area contributed by atoms with E-state index in [1.54, 1.807) is 49.4 Å². The molecule has 0 aliphatic carbocycles. The van der Waals surface area contributed by atoms with E-state index in [9.17, 15) is 22.8 Å². The van der Waals surface area contributed by atoms with E-state index in [0.717, 1.165) is 0 Å². The second-order valence-electron chi connectivity index (χ2n) is 7.24. The average molecular weight is 446 g/mol. The second-order valence-corrected chi connectivity index (χ2v) is 9.10. The molecule has 1 aliphatic rings. The zero-order valence-corrected chi connectivity index (χ0v) is 17.4. The number of amides is 3. The first-order valence-electron chi connectivity index (χ1n) is 9.35. The predicted octanol–water partition coefficient (Wildman–Crippen LogP) is 1.29. The lowest BCUT2D eigenvalue weighted by Gasteiger charge is -2.19. The summed E-state index contributed by atoms with van der Waals surface area (Å²) in [4.78, 5) is 35.4. The highest BCUT2D eigenvalue weighted by molar-refractivity contribution is 7.90. The van der Waals surface area contributed by atoms with Crippen molar-refractivity contribution in [1.29, 1.82) is 0 Å². The number of carbonyl (C=O) groups excluding carboxylic acids is 2. The van der Waals surface area contributed by atoms with Crippen LogP contribution in [-0.4, -0.2) is 37.5 Å². The average Bonchev–Trinajstić information content (AvgIpc) is 2.94. The molecule has 1 unspecified atom stereocenters. The molecule has 1 fully saturated rings. The van der Waals surface area contributed by atoms with Gasteiger partial charge in [0.05, 0.1) is 17.8 Å². The number of hydrogen-bond acceptors (Lipinski definition) is 6. The van der Waals surface area contributed by atoms with Crippen molar-refractivity contribution < 1.29 is 27.9 Å². The fourth-order valence-electron chi connectivity index (χ4n) is 3.48. The number of carboxylic acid groups (broad SMARTS) is 1. The van der Waals surface area contributed by atoms with Crippen LogP contribution in [0.3, 0.4) is 0 Å². The number of nitrogens with two attached hydrogens (primary N) is 1. The van der Waals surface area contributed by atoms with Crippen molar-refractivity contribution in [2.45, 2.75) is 31.1 Å². The molecule has 0 aromatic heterocycles. The number of anilines is 2. The van der Waals surface area contributed by atoms with Gasteiger partial charge < -0.3 is 21.5 Å². The predicted molar refractivity (Wildman–Crippen MR) is 114 cm³/mol. The highest BCUT2D eigenvalue weighted by atomic mass is 32.2. The normalized spacial score (nSPS) is 18.1. The fourth-order valence-corrected chi connectivity index (χ4v) is 4.99. The van der Waals surface area contributed by atoms with E-state index in [2.05, 4.69) is 10.6 Å². The van der Waals surface area contributed by atoms with Crippen molar-refractivity contribution >= 4 is 39.3 Å². The van der Waals surface area contributed by atoms with Crippen LogP contribution >= 0.6 is 0 Å². The van der Waals surface area contributed by atoms with E-state index in [1.165, 1.54) is 0 Å². The highest BCUT2D eigenvalue weighted by Crippen LogP contribution is 2.32. The zero-order chi connectivity index (χ0) is 22.8. The Morgan fingerprint density at radius 3 is 2.55 bits per heavy atom. The van der Waals surface area contributed by atoms with E-state index < -0.39 is 39.2 Å². The second kappa shape index (κ2) is 8.64. The summed E-state index contributed by atoms with van der Waals surface area (Å²) in [6.45, 7) is 1.70. The van der Waals surface area contributed by atoms with Crippen LogP contribution in [0.1, 0.15) is 28.4 Å². The van der Waals surface area contributed by atoms with Crippen molar-refractivity contribution in [2.75, 3.05) is 11.1 Å². The Bertz CT molecular complexity index is 1150. The molecular weight excluding hydrogens is 424 g/mol. The van der Waals surface area contributed by atoms with Crippen molar-refractivity contribution in [3.05, 3.63) is 59.2 Å². The third-order valence-corrected chi connectivity index (χ3v) is 6.64. The van der Waals surface area contributed by atoms with E-state index in [-0.39, 0.29) is 12.8 Å². The lowest BCUT2D eigenvalue weighted by atomic mass is 9.97. The fraction of sp³-hybridized carbons (Fsp3) is 0.250. The molecule has 3 rings (SSSR count). The molecule has 6 N–H and O–H groups in total. The number of carbonyl (C=O) groups is 3. The summed E-state index contributed by atoms with van der Waals surface area (Å²) in [7, 11) is -3.78. The third-order valence-electron chi connectivity index (χ3n) is 4.96. The molecule has 2 atom stereocenters. The quantitative estimate of drug-likeness (QED) is 0.417. The van der Waals surface area contributed by atoms with Gasteiger partial charge in [0.15, 0.2) is 0 Å². The first-order chi connectivity index (χ1) is 14.6. The first-order valence-corrected chi connectivity index (χ1v) is 10.9. The van der Waals surface area contributed by atoms with Crippen LogP contribution in [-0.2, 0) is 26.0 Å². The molecule has 1 aliphatic heterocycles. The van der Waals surface area contributed by atoms with Crippen molar-refractivity contribution in [3.63, 3.8) is 0 Å². The molecule has 0 radical (unpaired) electrons. The van der Waals surface area contributed by atoms with Crippen LogP contribution in [0.15, 0.2) is 42.5 Å². The molecule has 31 heavy (non-hydrogen) atoms. The summed E-state index contributed by atoms with van der Waals surface area (Å²) in [5.74, 6) is -1.15. The van der Waals surface area contributed by atoms with Crippen LogP contribution in [0.5, 0.6) is 0 Å². The monoisotopic (exact) mass is 446 g/mol. The number of sulfonamides is 1. The van der Waals surface area contributed by atoms with Gasteiger partial charge in [-0.05, 0) is 35.7 Å². The number of para-hydroxylation sites is 2. The molecule has 0 saturated carbocycles. The van der Waals surface area contributed by atoms with Crippen molar-refractivity contribution in [2.24, 2.45) is 0 Å². The van der Waals surface area contributed by atoms with Gasteiger partial charge in [-0.3, -0.25) is 14.3 Å². The van der Waals surface area contributed by atoms with Crippen molar-refractivity contribution in [3.8, 4) is 0 Å². The molecule has 0 bridgehead atoms. The van der Waals surface area contributed by atoms with E-state index in [4.69, 9.17) is 10.8 Å². The molecule has 164 valence electrons. The number of hydrogen-bond donors (Lipinski definition) is 5. The van der Waals surface area contributed by atoms with Gasteiger partial charge in [-0.1, -0.05) is 30.3 Å². The molecule has 0 spiro atoms. The lowest BCUT2D eigenvalue weighted by molar-refractivity contribution is -0.119. The highest BCUT2D eigenvalue weighted by Gasteiger charge is 2.38. The van der Waals surface area contributed by atoms with Crippen LogP contribution < -0.4 is 21.1 Å². The number of benzene rings is 2. The maximum atomic E-state index is 12.7. The Labute approximate surface area is 178 Å². The number of nitrogens with one attached hydrogen (secondary N) is 3. The number of rotatable bonds is 6. The van der Waals surface area contributed by atoms with Gasteiger partial charge in [0.1, 0.15) is 11.3 Å². The Hall–Kier alpha value is -3.60. The smallest absolute Gasteiger partial charge is 0.405 e. The minimum absolute atomic E-state index is 0.0284. The van der Waals surface area contributed by atoms with Crippen LogP contribution in [0.25, 0.3) is 0 Å². The van der Waals surface area contributed by atoms with Crippen molar-refractivity contribution in [1.82, 2.24) is 10.0 Å². The SMILES string of the molecule is Cc1cc(C[C@H](NC(=O)O)C(=O)Nc2ccccc2N)ccc1C1CC(=O)NS1(=O)=O. The van der Waals surface area contributed by atoms with Crippen LogP contribution in [0.2, 0.25) is 0 Å². The molecule has 1 saturated heterocycles. The first kappa shape index (κ1) is 22.1. The standard InChI is InChI=1S/C20H22N4O6S/c1-11-8-12(6-7-13(11)17-10-18(25)24-31(17,29)30)9-16(23-20(27)28)19(26)22-15-5-3-2-4-14(15)21/h2-8,16-17,23H,9-10,21H2,1H3,(H,22,26)(H,24,25)(H,27,28)/t16-,17?/m0/s1. The molecular formula is C20H22N4O6S. The Morgan fingerprint density at radius 2 is 1.97 bits per heavy atom. The van der Waals surface area contributed by atoms with E-state index in [1.807, 2.05) is 4.72 Å². The minimum atomic E-state index is -3.78. The molecule has 10 nitrogen and oxygen atoms in total. The summed E-state index contributed by atoms with van der Waals surface area (Å²) in [6, 6.07) is 10.4. The number of aryl methyl sites for hydroxylation is 1. The zero-order valence-electron chi connectivity index (χ0n) is 16.6. The number of nitrogen functional groups attached to an aromatic ring is 1. The molecule has 3 amide bonds. The maximum absolute atomic E-state index is 12.7. The van der Waals surface area contributed by atoms with Gasteiger partial charge in [-0.25, -0.2) is 13.2 Å². The topological polar surface area (TPSA) is 168 Å². The van der Waals surface area contributed by atoms with Crippen LogP contribution in [0, 0.1) is 6.92 Å². The molecule has 2 aromatic carbocycles. The largest absolute Gasteiger partial charge is 0.465 e. The maximum Gasteiger partial charge on any atom is 0.405 e. The lowest BCUT2D eigenvalue weighted by Crippen LogP contribution is -2.44. The Kier molecular flexibility index (Phi) is 6.16. The van der Waals surface area contributed by atoms with E-state index >= 15 is 0 Å². The van der Waals surface area contributed by atoms with Gasteiger partial charge >= 0.3 is 6.09 Å². The minimum Gasteiger partial charge on any atom is -0.465 e.